The van der Waals surface area contributed by atoms with Gasteiger partial charge in [0.25, 0.3) is 0 Å². The molecule has 0 aliphatic heterocycles. The molecule has 0 radical (unpaired) electrons. The van der Waals surface area contributed by atoms with Crippen LogP contribution in [-0.2, 0) is 11.3 Å². The first-order chi connectivity index (χ1) is 12.0. The van der Waals surface area contributed by atoms with Crippen molar-refractivity contribution in [1.29, 1.82) is 0 Å². The fourth-order valence-electron chi connectivity index (χ4n) is 2.36. The summed E-state index contributed by atoms with van der Waals surface area (Å²) < 4.78 is 25.0. The van der Waals surface area contributed by atoms with Crippen molar-refractivity contribution < 1.29 is 19.0 Å². The second kappa shape index (κ2) is 9.87. The number of halogens is 2. The van der Waals surface area contributed by atoms with E-state index in [-0.39, 0.29) is 25.1 Å². The second-order valence-corrected chi connectivity index (χ2v) is 6.64. The van der Waals surface area contributed by atoms with Gasteiger partial charge in [-0.2, -0.15) is 0 Å². The highest BCUT2D eigenvalue weighted by molar-refractivity contribution is 9.10. The minimum Gasteiger partial charge on any atom is -0.496 e. The highest BCUT2D eigenvalue weighted by Crippen LogP contribution is 2.27. The van der Waals surface area contributed by atoms with Gasteiger partial charge in [-0.15, -0.1) is 0 Å². The van der Waals surface area contributed by atoms with Crippen LogP contribution < -0.4 is 10.1 Å². The molecule has 25 heavy (non-hydrogen) atoms. The van der Waals surface area contributed by atoms with Crippen molar-refractivity contribution in [3.63, 3.8) is 0 Å². The molecule has 0 bridgehead atoms. The predicted octanol–water partition coefficient (Wildman–Crippen LogP) is 3.83. The van der Waals surface area contributed by atoms with Crippen LogP contribution in [-0.4, -0.2) is 31.5 Å². The first-order valence-electron chi connectivity index (χ1n) is 8.07. The molecule has 0 aliphatic carbocycles. The molecule has 2 unspecified atom stereocenters. The molecule has 2 N–H and O–H groups in total. The smallest absolute Gasteiger partial charge is 0.133 e. The van der Waals surface area contributed by atoms with Crippen LogP contribution in [0.5, 0.6) is 5.75 Å². The van der Waals surface area contributed by atoms with Crippen molar-refractivity contribution >= 4 is 15.9 Å². The van der Waals surface area contributed by atoms with E-state index in [4.69, 9.17) is 9.47 Å². The zero-order chi connectivity index (χ0) is 18.2. The molecule has 0 aromatic heterocycles. The normalized spacial score (nSPS) is 13.5. The molecule has 2 aromatic carbocycles. The van der Waals surface area contributed by atoms with E-state index in [1.54, 1.807) is 25.3 Å². The number of hydrogen-bond acceptors (Lipinski definition) is 4. The Morgan fingerprint density at radius 3 is 2.68 bits per heavy atom. The Hall–Kier alpha value is -1.47. The number of benzene rings is 2. The first-order valence-corrected chi connectivity index (χ1v) is 8.86. The molecule has 0 aliphatic rings. The quantitative estimate of drug-likeness (QED) is 0.658. The maximum Gasteiger partial charge on any atom is 0.133 e. The van der Waals surface area contributed by atoms with Crippen molar-refractivity contribution in [1.82, 2.24) is 5.32 Å². The molecule has 136 valence electrons. The maximum absolute atomic E-state index is 13.5. The van der Waals surface area contributed by atoms with Crippen LogP contribution in [0.2, 0.25) is 0 Å². The van der Waals surface area contributed by atoms with Crippen molar-refractivity contribution in [2.24, 2.45) is 0 Å². The Kier molecular flexibility index (Phi) is 7.84. The summed E-state index contributed by atoms with van der Waals surface area (Å²) in [5.41, 5.74) is 1.56. The van der Waals surface area contributed by atoms with Gasteiger partial charge in [0.1, 0.15) is 11.6 Å². The molecule has 2 atom stereocenters. The first kappa shape index (κ1) is 19.8. The van der Waals surface area contributed by atoms with Crippen molar-refractivity contribution in [3.8, 4) is 5.75 Å². The Balaban J connectivity index is 1.74. The highest BCUT2D eigenvalue weighted by atomic mass is 79.9. The number of rotatable bonds is 9. The van der Waals surface area contributed by atoms with E-state index in [2.05, 4.69) is 21.2 Å². The summed E-state index contributed by atoms with van der Waals surface area (Å²) in [5, 5.41) is 13.3. The van der Waals surface area contributed by atoms with Crippen molar-refractivity contribution in [3.05, 3.63) is 63.9 Å². The molecule has 2 rings (SSSR count). The van der Waals surface area contributed by atoms with Crippen molar-refractivity contribution in [2.75, 3.05) is 20.3 Å². The lowest BCUT2D eigenvalue weighted by molar-refractivity contribution is 0.0268. The number of hydrogen-bond donors (Lipinski definition) is 2. The molecule has 0 spiro atoms. The van der Waals surface area contributed by atoms with E-state index in [9.17, 15) is 9.50 Å². The fraction of sp³-hybridized carbons (Fsp3) is 0.368. The number of methoxy groups -OCH3 is 1. The summed E-state index contributed by atoms with van der Waals surface area (Å²) in [7, 11) is 1.62. The van der Waals surface area contributed by atoms with Gasteiger partial charge in [-0.25, -0.2) is 4.39 Å². The lowest BCUT2D eigenvalue weighted by atomic mass is 10.1. The standard InChI is InChI=1S/C19H23BrFNO3/c1-13(14-7-8-19(24-2)17(20)9-14)22-10-16(23)12-25-11-15-5-3-4-6-18(15)21/h3-9,13,16,22-23H,10-12H2,1-2H3. The number of nitrogens with one attached hydrogen (secondary N) is 1. The largest absolute Gasteiger partial charge is 0.496 e. The molecular formula is C19H23BrFNO3. The van der Waals surface area contributed by atoms with Gasteiger partial charge in [-0.05, 0) is 46.6 Å². The third kappa shape index (κ3) is 6.08. The summed E-state index contributed by atoms with van der Waals surface area (Å²) in [4.78, 5) is 0. The Labute approximate surface area is 156 Å². The van der Waals surface area contributed by atoms with Gasteiger partial charge >= 0.3 is 0 Å². The van der Waals surface area contributed by atoms with Gasteiger partial charge in [0.15, 0.2) is 0 Å². The summed E-state index contributed by atoms with van der Waals surface area (Å²) in [6.45, 7) is 2.67. The van der Waals surface area contributed by atoms with E-state index in [1.165, 1.54) is 6.07 Å². The average molecular weight is 412 g/mol. The van der Waals surface area contributed by atoms with Gasteiger partial charge in [0.2, 0.25) is 0 Å². The summed E-state index contributed by atoms with van der Waals surface area (Å²) in [6, 6.07) is 12.4. The zero-order valence-corrected chi connectivity index (χ0v) is 15.9. The second-order valence-electron chi connectivity index (χ2n) is 5.78. The average Bonchev–Trinajstić information content (AvgIpc) is 2.61. The maximum atomic E-state index is 13.5. The minimum atomic E-state index is -0.670. The molecule has 0 fully saturated rings. The molecular weight excluding hydrogens is 389 g/mol. The SMILES string of the molecule is COc1ccc(C(C)NCC(O)COCc2ccccc2F)cc1Br. The Morgan fingerprint density at radius 1 is 1.24 bits per heavy atom. The van der Waals surface area contributed by atoms with E-state index in [1.807, 2.05) is 25.1 Å². The van der Waals surface area contributed by atoms with Crippen LogP contribution in [0.1, 0.15) is 24.1 Å². The monoisotopic (exact) mass is 411 g/mol. The third-order valence-corrected chi connectivity index (χ3v) is 4.48. The van der Waals surface area contributed by atoms with Crippen LogP contribution in [0.25, 0.3) is 0 Å². The van der Waals surface area contributed by atoms with E-state index < -0.39 is 6.10 Å². The van der Waals surface area contributed by atoms with Gasteiger partial charge < -0.3 is 19.9 Å². The van der Waals surface area contributed by atoms with E-state index in [0.717, 1.165) is 15.8 Å². The van der Waals surface area contributed by atoms with E-state index in [0.29, 0.717) is 12.1 Å². The molecule has 0 saturated carbocycles. The molecule has 6 heteroatoms. The fourth-order valence-corrected chi connectivity index (χ4v) is 2.92. The van der Waals surface area contributed by atoms with Gasteiger partial charge in [-0.3, -0.25) is 0 Å². The molecule has 2 aromatic rings. The lowest BCUT2D eigenvalue weighted by Crippen LogP contribution is -2.32. The molecule has 0 amide bonds. The van der Waals surface area contributed by atoms with Crippen molar-refractivity contribution in [2.45, 2.75) is 25.7 Å². The topological polar surface area (TPSA) is 50.7 Å². The number of aliphatic hydroxyl groups excluding tert-OH is 1. The summed E-state index contributed by atoms with van der Waals surface area (Å²) in [6.07, 6.45) is -0.670. The van der Waals surface area contributed by atoms with E-state index >= 15 is 0 Å². The summed E-state index contributed by atoms with van der Waals surface area (Å²) >= 11 is 3.47. The minimum absolute atomic E-state index is 0.0587. The van der Waals surface area contributed by atoms with Crippen LogP contribution in [0.4, 0.5) is 4.39 Å². The van der Waals surface area contributed by atoms with Gasteiger partial charge in [0.05, 0.1) is 30.9 Å². The van der Waals surface area contributed by atoms with Crippen LogP contribution in [0.15, 0.2) is 46.9 Å². The molecule has 0 saturated heterocycles. The van der Waals surface area contributed by atoms with Crippen LogP contribution in [0.3, 0.4) is 0 Å². The van der Waals surface area contributed by atoms with Crippen LogP contribution in [0, 0.1) is 5.82 Å². The zero-order valence-electron chi connectivity index (χ0n) is 14.3. The number of ether oxygens (including phenoxy) is 2. The lowest BCUT2D eigenvalue weighted by Gasteiger charge is -2.18. The Bertz CT molecular complexity index is 683. The highest BCUT2D eigenvalue weighted by Gasteiger charge is 2.11. The number of aliphatic hydroxyl groups is 1. The molecule has 0 heterocycles. The Morgan fingerprint density at radius 2 is 2.00 bits per heavy atom. The van der Waals surface area contributed by atoms with Gasteiger partial charge in [-0.1, -0.05) is 24.3 Å². The predicted molar refractivity (Wildman–Crippen MR) is 99.2 cm³/mol. The van der Waals surface area contributed by atoms with Crippen LogP contribution >= 0.6 is 15.9 Å². The third-order valence-electron chi connectivity index (χ3n) is 3.86. The summed E-state index contributed by atoms with van der Waals surface area (Å²) in [5.74, 6) is 0.478. The van der Waals surface area contributed by atoms with Gasteiger partial charge in [0, 0.05) is 18.2 Å². The molecule has 4 nitrogen and oxygen atoms in total.